The lowest BCUT2D eigenvalue weighted by Crippen LogP contribution is -2.23. The molecular formula is C30H32FN3O6. The van der Waals surface area contributed by atoms with Gasteiger partial charge in [-0.2, -0.15) is 0 Å². The maximum Gasteiger partial charge on any atom is 0.309 e. The average Bonchev–Trinajstić information content (AvgIpc) is 3.67. The SMILES string of the molecule is COC(=O)C(C)C(c1ccc2c(c1)OC(c1cnc(-c3cc(OC)ncc3F)c(C3OCCO3)n1)CC2)C1CC1. The van der Waals surface area contributed by atoms with Crippen molar-refractivity contribution in [2.75, 3.05) is 27.4 Å². The Kier molecular flexibility index (Phi) is 7.37. The van der Waals surface area contributed by atoms with E-state index >= 15 is 0 Å². The monoisotopic (exact) mass is 549 g/mol. The summed E-state index contributed by atoms with van der Waals surface area (Å²) in [7, 11) is 2.90. The number of halogens is 1. The van der Waals surface area contributed by atoms with Gasteiger partial charge in [0.15, 0.2) is 5.82 Å². The van der Waals surface area contributed by atoms with Crippen LogP contribution in [0.25, 0.3) is 11.3 Å². The summed E-state index contributed by atoms with van der Waals surface area (Å²) >= 11 is 0. The molecule has 0 spiro atoms. The van der Waals surface area contributed by atoms with Gasteiger partial charge in [0.25, 0.3) is 0 Å². The van der Waals surface area contributed by atoms with Crippen LogP contribution < -0.4 is 9.47 Å². The van der Waals surface area contributed by atoms with Gasteiger partial charge in [0.05, 0.1) is 51.4 Å². The standard InChI is InChI=1S/C30H32FN3O6/c1-16(29(35)37-3)26(18-5-6-18)19-7-4-17-8-9-23(40-24(17)12-19)22-15-33-27(28(34-22)30-38-10-11-39-30)20-13-25(36-2)32-14-21(20)31/h4,7,12-16,18,23,26,30H,5-6,8-11H2,1-3H3. The topological polar surface area (TPSA) is 102 Å². The number of aromatic nitrogens is 3. The van der Waals surface area contributed by atoms with Crippen LogP contribution in [0, 0.1) is 17.7 Å². The molecule has 9 nitrogen and oxygen atoms in total. The Morgan fingerprint density at radius 2 is 1.88 bits per heavy atom. The van der Waals surface area contributed by atoms with Crippen molar-refractivity contribution in [1.29, 1.82) is 0 Å². The van der Waals surface area contributed by atoms with Crippen molar-refractivity contribution in [3.63, 3.8) is 0 Å². The quantitative estimate of drug-likeness (QED) is 0.355. The molecule has 0 N–H and O–H groups in total. The van der Waals surface area contributed by atoms with E-state index < -0.39 is 12.1 Å². The van der Waals surface area contributed by atoms with Crippen LogP contribution in [0.15, 0.2) is 36.7 Å². The van der Waals surface area contributed by atoms with Crippen LogP contribution in [0.4, 0.5) is 4.39 Å². The van der Waals surface area contributed by atoms with Crippen LogP contribution in [0.2, 0.25) is 0 Å². The van der Waals surface area contributed by atoms with E-state index in [4.69, 9.17) is 28.7 Å². The average molecular weight is 550 g/mol. The van der Waals surface area contributed by atoms with Gasteiger partial charge in [0.1, 0.15) is 23.2 Å². The molecule has 2 aliphatic heterocycles. The minimum absolute atomic E-state index is 0.0799. The third-order valence-electron chi connectivity index (χ3n) is 7.95. The number of nitrogens with zero attached hydrogens (tertiary/aromatic N) is 3. The molecule has 3 unspecified atom stereocenters. The van der Waals surface area contributed by atoms with Crippen LogP contribution in [0.1, 0.15) is 67.0 Å². The Bertz CT molecular complexity index is 1410. The molecule has 40 heavy (non-hydrogen) atoms. The summed E-state index contributed by atoms with van der Waals surface area (Å²) in [6.07, 6.45) is 5.28. The number of benzene rings is 1. The lowest BCUT2D eigenvalue weighted by Gasteiger charge is -2.29. The van der Waals surface area contributed by atoms with E-state index in [9.17, 15) is 9.18 Å². The van der Waals surface area contributed by atoms with Gasteiger partial charge in [-0.25, -0.2) is 14.4 Å². The van der Waals surface area contributed by atoms with Crippen molar-refractivity contribution < 1.29 is 32.9 Å². The molecule has 6 rings (SSSR count). The summed E-state index contributed by atoms with van der Waals surface area (Å²) in [5.74, 6) is 0.592. The molecule has 2 fully saturated rings. The number of fused-ring (bicyclic) bond motifs is 1. The molecule has 10 heteroatoms. The predicted molar refractivity (Wildman–Crippen MR) is 141 cm³/mol. The first-order valence-electron chi connectivity index (χ1n) is 13.6. The number of ether oxygens (including phenoxy) is 5. The van der Waals surface area contributed by atoms with Gasteiger partial charge < -0.3 is 23.7 Å². The molecule has 3 aromatic rings. The van der Waals surface area contributed by atoms with Gasteiger partial charge in [-0.3, -0.25) is 9.78 Å². The zero-order valence-corrected chi connectivity index (χ0v) is 22.8. The molecule has 2 aromatic heterocycles. The molecular weight excluding hydrogens is 517 g/mol. The zero-order chi connectivity index (χ0) is 27.8. The number of esters is 1. The second kappa shape index (κ2) is 11.1. The molecule has 1 aromatic carbocycles. The van der Waals surface area contributed by atoms with Gasteiger partial charge in [-0.15, -0.1) is 0 Å². The van der Waals surface area contributed by atoms with Gasteiger partial charge in [0.2, 0.25) is 12.2 Å². The van der Waals surface area contributed by atoms with Crippen LogP contribution in [-0.4, -0.2) is 48.4 Å². The molecule has 3 atom stereocenters. The second-order valence-electron chi connectivity index (χ2n) is 10.5. The zero-order valence-electron chi connectivity index (χ0n) is 22.8. The Labute approximate surface area is 232 Å². The van der Waals surface area contributed by atoms with E-state index in [0.29, 0.717) is 42.6 Å². The maximum atomic E-state index is 14.9. The Balaban J connectivity index is 1.32. The van der Waals surface area contributed by atoms with Gasteiger partial charge in [-0.05, 0) is 54.7 Å². The van der Waals surface area contributed by atoms with Crippen LogP contribution in [0.5, 0.6) is 11.6 Å². The summed E-state index contributed by atoms with van der Waals surface area (Å²) in [5.41, 5.74) is 3.68. The molecule has 210 valence electrons. The highest BCUT2D eigenvalue weighted by Gasteiger charge is 2.40. The number of hydrogen-bond acceptors (Lipinski definition) is 9. The van der Waals surface area contributed by atoms with E-state index in [2.05, 4.69) is 28.2 Å². The summed E-state index contributed by atoms with van der Waals surface area (Å²) in [5, 5.41) is 0. The van der Waals surface area contributed by atoms with Gasteiger partial charge >= 0.3 is 5.97 Å². The molecule has 0 radical (unpaired) electrons. The molecule has 4 heterocycles. The third kappa shape index (κ3) is 5.13. The molecule has 1 aliphatic carbocycles. The summed E-state index contributed by atoms with van der Waals surface area (Å²) in [4.78, 5) is 25.8. The highest BCUT2D eigenvalue weighted by atomic mass is 19.1. The van der Waals surface area contributed by atoms with E-state index in [1.165, 1.54) is 20.3 Å². The number of rotatable bonds is 8. The van der Waals surface area contributed by atoms with Crippen molar-refractivity contribution in [2.24, 2.45) is 11.8 Å². The van der Waals surface area contributed by atoms with Crippen molar-refractivity contribution in [2.45, 2.75) is 50.9 Å². The Morgan fingerprint density at radius 1 is 1.07 bits per heavy atom. The number of pyridine rings is 1. The molecule has 1 saturated heterocycles. The minimum atomic E-state index is -0.775. The largest absolute Gasteiger partial charge is 0.484 e. The summed E-state index contributed by atoms with van der Waals surface area (Å²) < 4.78 is 43.1. The van der Waals surface area contributed by atoms with E-state index in [0.717, 1.165) is 42.3 Å². The summed E-state index contributed by atoms with van der Waals surface area (Å²) in [6, 6.07) is 7.76. The van der Waals surface area contributed by atoms with E-state index in [-0.39, 0.29) is 35.4 Å². The first-order chi connectivity index (χ1) is 19.5. The minimum Gasteiger partial charge on any atom is -0.484 e. The van der Waals surface area contributed by atoms with E-state index in [1.54, 1.807) is 6.20 Å². The highest BCUT2D eigenvalue weighted by molar-refractivity contribution is 5.73. The van der Waals surface area contributed by atoms with Gasteiger partial charge in [-0.1, -0.05) is 19.1 Å². The number of carbonyl (C=O) groups is 1. The van der Waals surface area contributed by atoms with Crippen LogP contribution >= 0.6 is 0 Å². The van der Waals surface area contributed by atoms with Crippen molar-refractivity contribution >= 4 is 5.97 Å². The number of aryl methyl sites for hydroxylation is 1. The molecule has 1 saturated carbocycles. The van der Waals surface area contributed by atoms with E-state index in [1.807, 2.05) is 6.92 Å². The highest BCUT2D eigenvalue weighted by Crippen LogP contribution is 2.48. The lowest BCUT2D eigenvalue weighted by molar-refractivity contribution is -0.145. The van der Waals surface area contributed by atoms with Crippen molar-refractivity contribution in [3.05, 3.63) is 65.0 Å². The predicted octanol–water partition coefficient (Wildman–Crippen LogP) is 5.10. The molecule has 0 amide bonds. The normalized spacial score (nSPS) is 20.4. The third-order valence-corrected chi connectivity index (χ3v) is 7.95. The first kappa shape index (κ1) is 26.6. The smallest absolute Gasteiger partial charge is 0.309 e. The fraction of sp³-hybridized carbons (Fsp3) is 0.467. The van der Waals surface area contributed by atoms with Gasteiger partial charge in [0, 0.05) is 11.6 Å². The number of carbonyl (C=O) groups excluding carboxylic acids is 1. The fourth-order valence-electron chi connectivity index (χ4n) is 5.73. The Hall–Kier alpha value is -3.63. The lowest BCUT2D eigenvalue weighted by atomic mass is 9.82. The van der Waals surface area contributed by atoms with Crippen molar-refractivity contribution in [1.82, 2.24) is 15.0 Å². The Morgan fingerprint density at radius 3 is 2.60 bits per heavy atom. The number of methoxy groups -OCH3 is 2. The first-order valence-corrected chi connectivity index (χ1v) is 13.6. The van der Waals surface area contributed by atoms with Crippen molar-refractivity contribution in [3.8, 4) is 22.9 Å². The number of hydrogen-bond donors (Lipinski definition) is 0. The summed E-state index contributed by atoms with van der Waals surface area (Å²) in [6.45, 7) is 2.74. The fourth-order valence-corrected chi connectivity index (χ4v) is 5.73. The van der Waals surface area contributed by atoms with Crippen LogP contribution in [0.3, 0.4) is 0 Å². The molecule has 0 bridgehead atoms. The van der Waals surface area contributed by atoms with Crippen LogP contribution in [-0.2, 0) is 25.4 Å². The molecule has 3 aliphatic rings. The second-order valence-corrected chi connectivity index (χ2v) is 10.5. The maximum absolute atomic E-state index is 14.9.